The highest BCUT2D eigenvalue weighted by atomic mass is 19.1. The Labute approximate surface area is 196 Å². The van der Waals surface area contributed by atoms with E-state index in [0.717, 1.165) is 31.4 Å². The molecule has 1 aliphatic heterocycles. The van der Waals surface area contributed by atoms with Crippen molar-refractivity contribution >= 4 is 23.4 Å². The molecule has 2 aromatic rings. The summed E-state index contributed by atoms with van der Waals surface area (Å²) in [5.41, 5.74) is 0.204. The van der Waals surface area contributed by atoms with Crippen molar-refractivity contribution in [2.75, 3.05) is 39.2 Å². The molecule has 1 aliphatic rings. The lowest BCUT2D eigenvalue weighted by atomic mass is 10.1. The van der Waals surface area contributed by atoms with Crippen molar-refractivity contribution in [1.29, 1.82) is 0 Å². The number of hydrogen-bond donors (Lipinski definition) is 2. The number of nitrogens with one attached hydrogen (secondary N) is 2. The zero-order valence-electron chi connectivity index (χ0n) is 19.1. The molecule has 182 valence electrons. The molecule has 3 amide bonds. The van der Waals surface area contributed by atoms with Crippen LogP contribution in [0.25, 0.3) is 0 Å². The van der Waals surface area contributed by atoms with Gasteiger partial charge in [-0.3, -0.25) is 14.4 Å². The Balaban J connectivity index is 1.69. The first kappa shape index (κ1) is 24.9. The van der Waals surface area contributed by atoms with E-state index in [2.05, 4.69) is 10.6 Å². The fourth-order valence-corrected chi connectivity index (χ4v) is 3.70. The summed E-state index contributed by atoms with van der Waals surface area (Å²) in [7, 11) is 2.90. The molecule has 8 nitrogen and oxygen atoms in total. The molecular weight excluding hydrogens is 448 g/mol. The zero-order chi connectivity index (χ0) is 24.7. The summed E-state index contributed by atoms with van der Waals surface area (Å²) in [6.45, 7) is 1.17. The third-order valence-corrected chi connectivity index (χ3v) is 5.48. The Morgan fingerprint density at radius 2 is 1.62 bits per heavy atom. The van der Waals surface area contributed by atoms with Crippen LogP contribution in [0.5, 0.6) is 11.5 Å². The second-order valence-corrected chi connectivity index (χ2v) is 7.78. The van der Waals surface area contributed by atoms with Gasteiger partial charge in [-0.2, -0.15) is 0 Å². The van der Waals surface area contributed by atoms with Crippen LogP contribution in [-0.2, 0) is 4.79 Å². The number of carbonyl (C=O) groups is 3. The van der Waals surface area contributed by atoms with Crippen molar-refractivity contribution in [2.45, 2.75) is 25.7 Å². The third kappa shape index (κ3) is 6.00. The van der Waals surface area contributed by atoms with Gasteiger partial charge in [0.25, 0.3) is 11.8 Å². The predicted molar refractivity (Wildman–Crippen MR) is 121 cm³/mol. The first-order valence-corrected chi connectivity index (χ1v) is 10.9. The van der Waals surface area contributed by atoms with Gasteiger partial charge in [-0.15, -0.1) is 0 Å². The number of nitrogens with zero attached hydrogens (tertiary/aromatic N) is 1. The Bertz CT molecular complexity index is 1070. The number of carbonyl (C=O) groups excluding carboxylic acids is 3. The Morgan fingerprint density at radius 1 is 0.941 bits per heavy atom. The van der Waals surface area contributed by atoms with Crippen LogP contribution in [0.2, 0.25) is 0 Å². The third-order valence-electron chi connectivity index (χ3n) is 5.48. The molecular formula is C24H27F2N3O5. The predicted octanol–water partition coefficient (Wildman–Crippen LogP) is 3.37. The second kappa shape index (κ2) is 11.4. The van der Waals surface area contributed by atoms with Crippen molar-refractivity contribution in [3.05, 3.63) is 53.1 Å². The van der Waals surface area contributed by atoms with E-state index in [9.17, 15) is 23.2 Å². The van der Waals surface area contributed by atoms with E-state index < -0.39 is 23.4 Å². The van der Waals surface area contributed by atoms with Crippen molar-refractivity contribution in [3.63, 3.8) is 0 Å². The quantitative estimate of drug-likeness (QED) is 0.610. The molecule has 0 spiro atoms. The number of halogens is 2. The molecule has 2 N–H and O–H groups in total. The number of anilines is 1. The van der Waals surface area contributed by atoms with Gasteiger partial charge in [0, 0.05) is 38.2 Å². The van der Waals surface area contributed by atoms with Gasteiger partial charge in [0.05, 0.1) is 31.0 Å². The highest BCUT2D eigenvalue weighted by molar-refractivity contribution is 6.05. The number of amides is 3. The Morgan fingerprint density at radius 3 is 2.26 bits per heavy atom. The molecule has 0 unspecified atom stereocenters. The van der Waals surface area contributed by atoms with Crippen LogP contribution in [-0.4, -0.2) is 56.5 Å². The van der Waals surface area contributed by atoms with Gasteiger partial charge in [0.2, 0.25) is 5.91 Å². The summed E-state index contributed by atoms with van der Waals surface area (Å²) >= 11 is 0. The maximum Gasteiger partial charge on any atom is 0.256 e. The van der Waals surface area contributed by atoms with Crippen molar-refractivity contribution < 1.29 is 32.6 Å². The fraction of sp³-hybridized carbons (Fsp3) is 0.375. The largest absolute Gasteiger partial charge is 0.493 e. The maximum absolute atomic E-state index is 13.7. The zero-order valence-corrected chi connectivity index (χ0v) is 19.1. The minimum absolute atomic E-state index is 0.0931. The van der Waals surface area contributed by atoms with Gasteiger partial charge >= 0.3 is 0 Å². The van der Waals surface area contributed by atoms with Gasteiger partial charge in [0.1, 0.15) is 11.6 Å². The van der Waals surface area contributed by atoms with E-state index in [0.29, 0.717) is 30.7 Å². The number of benzene rings is 2. The van der Waals surface area contributed by atoms with Gasteiger partial charge < -0.3 is 25.0 Å². The maximum atomic E-state index is 13.7. The second-order valence-electron chi connectivity index (χ2n) is 7.78. The summed E-state index contributed by atoms with van der Waals surface area (Å²) in [4.78, 5) is 39.5. The summed E-state index contributed by atoms with van der Waals surface area (Å²) in [6.07, 6.45) is 2.75. The molecule has 1 saturated heterocycles. The summed E-state index contributed by atoms with van der Waals surface area (Å²) in [5, 5.41) is 5.12. The first-order valence-electron chi connectivity index (χ1n) is 10.9. The van der Waals surface area contributed by atoms with Crippen LogP contribution >= 0.6 is 0 Å². The monoisotopic (exact) mass is 475 g/mol. The van der Waals surface area contributed by atoms with Crippen LogP contribution in [0.4, 0.5) is 14.5 Å². The normalized spacial score (nSPS) is 13.2. The molecule has 0 atom stereocenters. The lowest BCUT2D eigenvalue weighted by Crippen LogP contribution is -2.36. The highest BCUT2D eigenvalue weighted by Crippen LogP contribution is 2.34. The molecule has 0 aliphatic carbocycles. The topological polar surface area (TPSA) is 97.0 Å². The van der Waals surface area contributed by atoms with Crippen LogP contribution in [0.15, 0.2) is 30.3 Å². The number of likely N-dealkylation sites (tertiary alicyclic amines) is 1. The molecule has 1 fully saturated rings. The van der Waals surface area contributed by atoms with Gasteiger partial charge in [0.15, 0.2) is 11.5 Å². The number of hydrogen-bond acceptors (Lipinski definition) is 5. The van der Waals surface area contributed by atoms with E-state index in [1.165, 1.54) is 26.4 Å². The van der Waals surface area contributed by atoms with Crippen LogP contribution < -0.4 is 20.1 Å². The van der Waals surface area contributed by atoms with Gasteiger partial charge in [-0.05, 0) is 37.5 Å². The molecule has 10 heteroatoms. The van der Waals surface area contributed by atoms with Crippen molar-refractivity contribution in [2.24, 2.45) is 0 Å². The number of ether oxygens (including phenoxy) is 2. The average molecular weight is 475 g/mol. The van der Waals surface area contributed by atoms with Crippen LogP contribution in [0, 0.1) is 11.6 Å². The standard InChI is InChI=1S/C24H27F2N3O5/c1-33-20-13-17(24(32)29-10-4-3-5-11-29)19(14-21(20)34-2)28-22(30)8-9-27-23(31)16-7-6-15(25)12-18(16)26/h6-7,12-14H,3-5,8-11H2,1-2H3,(H,27,31)(H,28,30). The van der Waals surface area contributed by atoms with E-state index in [4.69, 9.17) is 9.47 Å². The SMILES string of the molecule is COc1cc(NC(=O)CCNC(=O)c2ccc(F)cc2F)c(C(=O)N2CCCCC2)cc1OC. The number of rotatable bonds is 8. The number of piperidine rings is 1. The van der Waals surface area contributed by atoms with E-state index >= 15 is 0 Å². The van der Waals surface area contributed by atoms with E-state index in [1.54, 1.807) is 4.90 Å². The van der Waals surface area contributed by atoms with E-state index in [-0.39, 0.29) is 35.7 Å². The average Bonchev–Trinajstić information content (AvgIpc) is 2.83. The van der Waals surface area contributed by atoms with E-state index in [1.807, 2.05) is 0 Å². The highest BCUT2D eigenvalue weighted by Gasteiger charge is 2.24. The molecule has 34 heavy (non-hydrogen) atoms. The van der Waals surface area contributed by atoms with Crippen molar-refractivity contribution in [3.8, 4) is 11.5 Å². The molecule has 0 radical (unpaired) electrons. The van der Waals surface area contributed by atoms with Crippen LogP contribution in [0.3, 0.4) is 0 Å². The summed E-state index contributed by atoms with van der Waals surface area (Å²) < 4.78 is 37.4. The molecule has 1 heterocycles. The molecule has 0 saturated carbocycles. The minimum Gasteiger partial charge on any atom is -0.493 e. The van der Waals surface area contributed by atoms with Gasteiger partial charge in [-0.25, -0.2) is 8.78 Å². The summed E-state index contributed by atoms with van der Waals surface area (Å²) in [5.74, 6) is -2.55. The van der Waals surface area contributed by atoms with Gasteiger partial charge in [-0.1, -0.05) is 0 Å². The Hall–Kier alpha value is -3.69. The first-order chi connectivity index (χ1) is 16.3. The lowest BCUT2D eigenvalue weighted by Gasteiger charge is -2.28. The molecule has 3 rings (SSSR count). The number of methoxy groups -OCH3 is 2. The molecule has 0 aromatic heterocycles. The summed E-state index contributed by atoms with van der Waals surface area (Å²) in [6, 6.07) is 5.66. The van der Waals surface area contributed by atoms with Crippen molar-refractivity contribution in [1.82, 2.24) is 10.2 Å². The lowest BCUT2D eigenvalue weighted by molar-refractivity contribution is -0.116. The fourth-order valence-electron chi connectivity index (χ4n) is 3.70. The van der Waals surface area contributed by atoms with Crippen LogP contribution in [0.1, 0.15) is 46.4 Å². The molecule has 2 aromatic carbocycles. The smallest absolute Gasteiger partial charge is 0.256 e. The Kier molecular flexibility index (Phi) is 8.39. The molecule has 0 bridgehead atoms. The minimum atomic E-state index is -0.992.